The van der Waals surface area contributed by atoms with Crippen molar-refractivity contribution in [3.8, 4) is 0 Å². The molecule has 1 aromatic heterocycles. The van der Waals surface area contributed by atoms with Gasteiger partial charge in [-0.25, -0.2) is 0 Å². The minimum Gasteiger partial charge on any atom is -0.481 e. The second-order valence-electron chi connectivity index (χ2n) is 2.62. The van der Waals surface area contributed by atoms with Crippen LogP contribution in [0.4, 0.5) is 0 Å². The summed E-state index contributed by atoms with van der Waals surface area (Å²) >= 11 is 5.59. The molecule has 5 heteroatoms. The lowest BCUT2D eigenvalue weighted by atomic mass is 10.2. The zero-order valence-corrected chi connectivity index (χ0v) is 7.32. The Morgan fingerprint density at radius 2 is 2.58 bits per heavy atom. The monoisotopic (exact) mass is 188 g/mol. The van der Waals surface area contributed by atoms with Gasteiger partial charge in [0.2, 0.25) is 0 Å². The third kappa shape index (κ3) is 2.23. The Hall–Kier alpha value is -1.03. The Morgan fingerprint density at radius 3 is 3.00 bits per heavy atom. The fourth-order valence-electron chi connectivity index (χ4n) is 0.797. The van der Waals surface area contributed by atoms with Crippen LogP contribution >= 0.6 is 11.6 Å². The largest absolute Gasteiger partial charge is 0.481 e. The van der Waals surface area contributed by atoms with Crippen LogP contribution in [0, 0.1) is 5.92 Å². The van der Waals surface area contributed by atoms with E-state index in [1.807, 2.05) is 0 Å². The highest BCUT2D eigenvalue weighted by molar-refractivity contribution is 6.30. The molecule has 1 aromatic rings. The summed E-state index contributed by atoms with van der Waals surface area (Å²) in [6, 6.07) is 0. The van der Waals surface area contributed by atoms with E-state index in [1.165, 1.54) is 10.9 Å². The van der Waals surface area contributed by atoms with E-state index in [1.54, 1.807) is 13.1 Å². The molecule has 1 atom stereocenters. The van der Waals surface area contributed by atoms with Crippen molar-refractivity contribution in [2.24, 2.45) is 5.92 Å². The van der Waals surface area contributed by atoms with Crippen LogP contribution in [0.2, 0.25) is 5.02 Å². The van der Waals surface area contributed by atoms with Crippen LogP contribution in [0.3, 0.4) is 0 Å². The molecule has 0 radical (unpaired) electrons. The maximum absolute atomic E-state index is 10.4. The second kappa shape index (κ2) is 3.58. The summed E-state index contributed by atoms with van der Waals surface area (Å²) in [5, 5.41) is 13.0. The standard InChI is InChI=1S/C7H9ClN2O2/c1-5(7(11)12)3-10-4-6(8)2-9-10/h2,4-5H,3H2,1H3,(H,11,12). The molecule has 0 amide bonds. The first-order chi connectivity index (χ1) is 5.59. The van der Waals surface area contributed by atoms with E-state index >= 15 is 0 Å². The van der Waals surface area contributed by atoms with Crippen molar-refractivity contribution in [2.75, 3.05) is 0 Å². The number of nitrogens with zero attached hydrogens (tertiary/aromatic N) is 2. The maximum atomic E-state index is 10.4. The fourth-order valence-corrected chi connectivity index (χ4v) is 0.953. The van der Waals surface area contributed by atoms with Crippen LogP contribution in [-0.4, -0.2) is 20.9 Å². The van der Waals surface area contributed by atoms with Crippen LogP contribution in [0.5, 0.6) is 0 Å². The zero-order valence-electron chi connectivity index (χ0n) is 6.57. The number of carboxylic acid groups (broad SMARTS) is 1. The number of carboxylic acids is 1. The lowest BCUT2D eigenvalue weighted by Crippen LogP contribution is -2.16. The van der Waals surface area contributed by atoms with Crippen molar-refractivity contribution < 1.29 is 9.90 Å². The molecule has 0 spiro atoms. The predicted octanol–water partition coefficient (Wildman–Crippen LogP) is 1.26. The van der Waals surface area contributed by atoms with E-state index in [0.717, 1.165) is 0 Å². The van der Waals surface area contributed by atoms with Gasteiger partial charge in [-0.1, -0.05) is 18.5 Å². The highest BCUT2D eigenvalue weighted by Gasteiger charge is 2.11. The van der Waals surface area contributed by atoms with E-state index in [9.17, 15) is 4.79 Å². The van der Waals surface area contributed by atoms with Gasteiger partial charge in [0, 0.05) is 6.20 Å². The lowest BCUT2D eigenvalue weighted by Gasteiger charge is -2.04. The summed E-state index contributed by atoms with van der Waals surface area (Å²) in [4.78, 5) is 10.4. The summed E-state index contributed by atoms with van der Waals surface area (Å²) in [6.07, 6.45) is 3.08. The molecule has 0 saturated carbocycles. The van der Waals surface area contributed by atoms with Gasteiger partial charge in [-0.05, 0) is 0 Å². The summed E-state index contributed by atoms with van der Waals surface area (Å²) in [6.45, 7) is 1.97. The molecule has 12 heavy (non-hydrogen) atoms. The number of aromatic nitrogens is 2. The van der Waals surface area contributed by atoms with Crippen LogP contribution < -0.4 is 0 Å². The van der Waals surface area contributed by atoms with Crippen LogP contribution in [-0.2, 0) is 11.3 Å². The van der Waals surface area contributed by atoms with Gasteiger partial charge < -0.3 is 5.11 Å². The third-order valence-corrected chi connectivity index (χ3v) is 1.68. The molecule has 0 aromatic carbocycles. The molecule has 66 valence electrons. The van der Waals surface area contributed by atoms with Gasteiger partial charge in [0.05, 0.1) is 23.7 Å². The van der Waals surface area contributed by atoms with Crippen LogP contribution in [0.15, 0.2) is 12.4 Å². The Bertz CT molecular complexity index is 285. The second-order valence-corrected chi connectivity index (χ2v) is 3.06. The minimum atomic E-state index is -0.832. The van der Waals surface area contributed by atoms with Gasteiger partial charge in [-0.3, -0.25) is 9.48 Å². The van der Waals surface area contributed by atoms with E-state index in [4.69, 9.17) is 16.7 Å². The molecule has 0 saturated heterocycles. The van der Waals surface area contributed by atoms with Crippen molar-refractivity contribution in [1.82, 2.24) is 9.78 Å². The average Bonchev–Trinajstić information content (AvgIpc) is 2.35. The Balaban J connectivity index is 2.58. The van der Waals surface area contributed by atoms with E-state index in [2.05, 4.69) is 5.10 Å². The number of rotatable bonds is 3. The number of halogens is 1. The Kier molecular flexibility index (Phi) is 2.70. The minimum absolute atomic E-state index is 0.349. The zero-order chi connectivity index (χ0) is 9.14. The number of hydrogen-bond donors (Lipinski definition) is 1. The van der Waals surface area contributed by atoms with Gasteiger partial charge in [-0.15, -0.1) is 0 Å². The molecule has 1 rings (SSSR count). The molecule has 1 heterocycles. The molecule has 0 aliphatic rings. The molecule has 1 unspecified atom stereocenters. The predicted molar refractivity (Wildman–Crippen MR) is 44.0 cm³/mol. The molecule has 1 N–H and O–H groups in total. The highest BCUT2D eigenvalue weighted by Crippen LogP contribution is 2.07. The molecule has 0 fully saturated rings. The Labute approximate surface area is 74.8 Å². The van der Waals surface area contributed by atoms with Crippen LogP contribution in [0.1, 0.15) is 6.92 Å². The van der Waals surface area contributed by atoms with Crippen molar-refractivity contribution in [3.63, 3.8) is 0 Å². The first-order valence-electron chi connectivity index (χ1n) is 3.50. The molecule has 0 bridgehead atoms. The van der Waals surface area contributed by atoms with Gasteiger partial charge in [0.25, 0.3) is 0 Å². The summed E-state index contributed by atoms with van der Waals surface area (Å²) in [5.74, 6) is -1.28. The van der Waals surface area contributed by atoms with Crippen molar-refractivity contribution in [1.29, 1.82) is 0 Å². The molecule has 0 aliphatic heterocycles. The molecule has 0 aliphatic carbocycles. The normalized spacial score (nSPS) is 12.8. The van der Waals surface area contributed by atoms with E-state index in [-0.39, 0.29) is 0 Å². The fraction of sp³-hybridized carbons (Fsp3) is 0.429. The van der Waals surface area contributed by atoms with Gasteiger partial charge >= 0.3 is 5.97 Å². The van der Waals surface area contributed by atoms with Crippen molar-refractivity contribution >= 4 is 17.6 Å². The highest BCUT2D eigenvalue weighted by atomic mass is 35.5. The summed E-state index contributed by atoms with van der Waals surface area (Å²) in [5.41, 5.74) is 0. The van der Waals surface area contributed by atoms with Crippen molar-refractivity contribution in [2.45, 2.75) is 13.5 Å². The average molecular weight is 189 g/mol. The van der Waals surface area contributed by atoms with Crippen LogP contribution in [0.25, 0.3) is 0 Å². The summed E-state index contributed by atoms with van der Waals surface area (Å²) < 4.78 is 1.52. The summed E-state index contributed by atoms with van der Waals surface area (Å²) in [7, 11) is 0. The topological polar surface area (TPSA) is 55.1 Å². The first-order valence-corrected chi connectivity index (χ1v) is 3.88. The smallest absolute Gasteiger partial charge is 0.308 e. The van der Waals surface area contributed by atoms with Crippen molar-refractivity contribution in [3.05, 3.63) is 17.4 Å². The number of carbonyl (C=O) groups is 1. The molecular weight excluding hydrogens is 180 g/mol. The molecular formula is C7H9ClN2O2. The maximum Gasteiger partial charge on any atom is 0.308 e. The Morgan fingerprint density at radius 1 is 1.92 bits per heavy atom. The van der Waals surface area contributed by atoms with Gasteiger partial charge in [0.1, 0.15) is 0 Å². The number of aliphatic carboxylic acids is 1. The number of hydrogen-bond acceptors (Lipinski definition) is 2. The van der Waals surface area contributed by atoms with Gasteiger partial charge in [0.15, 0.2) is 0 Å². The van der Waals surface area contributed by atoms with E-state index in [0.29, 0.717) is 11.6 Å². The van der Waals surface area contributed by atoms with E-state index < -0.39 is 11.9 Å². The SMILES string of the molecule is CC(Cn1cc(Cl)cn1)C(=O)O. The first kappa shape index (κ1) is 9.06. The third-order valence-electron chi connectivity index (χ3n) is 1.48. The molecule has 4 nitrogen and oxygen atoms in total. The lowest BCUT2D eigenvalue weighted by molar-refractivity contribution is -0.141. The van der Waals surface area contributed by atoms with Gasteiger partial charge in [-0.2, -0.15) is 5.10 Å². The quantitative estimate of drug-likeness (QED) is 0.777.